The van der Waals surface area contributed by atoms with Gasteiger partial charge in [0.2, 0.25) is 10.0 Å². The largest absolute Gasteiger partial charge is 0.493 e. The first-order valence-electron chi connectivity index (χ1n) is 14.0. The van der Waals surface area contributed by atoms with Crippen LogP contribution in [0, 0.1) is 11.7 Å². The molecule has 2 bridgehead atoms. The quantitative estimate of drug-likeness (QED) is 0.330. The maximum Gasteiger partial charge on any atom is 0.416 e. The molecular weight excluding hydrogens is 584 g/mol. The van der Waals surface area contributed by atoms with Gasteiger partial charge in [0.05, 0.1) is 23.0 Å². The highest BCUT2D eigenvalue weighted by atomic mass is 35.5. The molecule has 2 aromatic carbocycles. The number of hydrogen-bond donors (Lipinski definition) is 1. The van der Waals surface area contributed by atoms with Crippen molar-refractivity contribution in [2.45, 2.75) is 87.3 Å². The second kappa shape index (κ2) is 10.7. The molecule has 2 saturated heterocycles. The molecule has 2 heterocycles. The lowest BCUT2D eigenvalue weighted by atomic mass is 9.90. The van der Waals surface area contributed by atoms with Crippen molar-refractivity contribution in [2.24, 2.45) is 5.92 Å². The number of benzene rings is 2. The first kappa shape index (κ1) is 28.7. The van der Waals surface area contributed by atoms with E-state index in [1.165, 1.54) is 18.2 Å². The van der Waals surface area contributed by atoms with Gasteiger partial charge in [-0.15, -0.1) is 0 Å². The van der Waals surface area contributed by atoms with Gasteiger partial charge in [0.25, 0.3) is 5.91 Å². The van der Waals surface area contributed by atoms with Crippen molar-refractivity contribution in [1.82, 2.24) is 9.62 Å². The predicted octanol–water partition coefficient (Wildman–Crippen LogP) is 6.42. The molecule has 6 rings (SSSR count). The molecule has 0 spiro atoms. The molecule has 12 heteroatoms. The number of amides is 1. The number of carbonyl (C=O) groups excluding carboxylic acids is 1. The van der Waals surface area contributed by atoms with E-state index in [1.54, 1.807) is 0 Å². The summed E-state index contributed by atoms with van der Waals surface area (Å²) in [5.74, 6) is -1.11. The van der Waals surface area contributed by atoms with Crippen LogP contribution < -0.4 is 9.46 Å². The van der Waals surface area contributed by atoms with Crippen LogP contribution in [0.25, 0.3) is 0 Å². The van der Waals surface area contributed by atoms with Crippen LogP contribution in [0.2, 0.25) is 5.02 Å². The van der Waals surface area contributed by atoms with Gasteiger partial charge in [-0.1, -0.05) is 11.6 Å². The van der Waals surface area contributed by atoms with Crippen LogP contribution in [0.1, 0.15) is 84.3 Å². The molecule has 1 N–H and O–H groups in total. The summed E-state index contributed by atoms with van der Waals surface area (Å²) in [6.45, 7) is 0.703. The van der Waals surface area contributed by atoms with E-state index in [2.05, 4.69) is 4.90 Å². The van der Waals surface area contributed by atoms with Crippen LogP contribution in [0.4, 0.5) is 17.6 Å². The van der Waals surface area contributed by atoms with E-state index in [0.29, 0.717) is 47.9 Å². The van der Waals surface area contributed by atoms with Gasteiger partial charge in [-0.2, -0.15) is 13.2 Å². The van der Waals surface area contributed by atoms with Gasteiger partial charge in [-0.3, -0.25) is 9.69 Å². The zero-order valence-corrected chi connectivity index (χ0v) is 23.8. The third-order valence-corrected chi connectivity index (χ3v) is 10.9. The van der Waals surface area contributed by atoms with E-state index in [4.69, 9.17) is 16.3 Å². The number of nitrogens with one attached hydrogen (secondary N) is 1. The van der Waals surface area contributed by atoms with E-state index in [-0.39, 0.29) is 29.5 Å². The SMILES string of the molecule is O=C(NS(=O)(=O)C1CC1)c1cc(C2CC2)c(OCC2CC3CCC(C2)N3Cc2cc(C(F)(F)F)ccc2Cl)cc1F. The van der Waals surface area contributed by atoms with Crippen LogP contribution in [-0.2, 0) is 22.7 Å². The lowest BCUT2D eigenvalue weighted by Gasteiger charge is -2.39. The minimum Gasteiger partial charge on any atom is -0.493 e. The minimum atomic E-state index is -4.43. The predicted molar refractivity (Wildman–Crippen MR) is 145 cm³/mol. The van der Waals surface area contributed by atoms with Crippen LogP contribution in [-0.4, -0.2) is 43.2 Å². The first-order valence-corrected chi connectivity index (χ1v) is 15.9. The summed E-state index contributed by atoms with van der Waals surface area (Å²) in [5, 5.41) is -0.275. The number of ether oxygens (including phenoxy) is 1. The average molecular weight is 615 g/mol. The normalized spacial score (nSPS) is 24.9. The molecule has 222 valence electrons. The smallest absolute Gasteiger partial charge is 0.416 e. The zero-order valence-electron chi connectivity index (χ0n) is 22.2. The molecule has 0 radical (unpaired) electrons. The van der Waals surface area contributed by atoms with E-state index in [1.807, 2.05) is 4.72 Å². The molecule has 4 aliphatic rings. The molecule has 41 heavy (non-hydrogen) atoms. The number of piperidine rings is 1. The molecule has 6 nitrogen and oxygen atoms in total. The van der Waals surface area contributed by atoms with Crippen molar-refractivity contribution < 1.29 is 35.5 Å². The Kier molecular flexibility index (Phi) is 7.51. The fourth-order valence-corrected chi connectivity index (χ4v) is 7.76. The van der Waals surface area contributed by atoms with Gasteiger partial charge in [0.1, 0.15) is 11.6 Å². The number of alkyl halides is 3. The number of rotatable bonds is 9. The summed E-state index contributed by atoms with van der Waals surface area (Å²) < 4.78 is 87.3. The molecule has 2 aromatic rings. The van der Waals surface area contributed by atoms with Crippen LogP contribution >= 0.6 is 11.6 Å². The van der Waals surface area contributed by atoms with Crippen molar-refractivity contribution in [2.75, 3.05) is 6.61 Å². The Morgan fingerprint density at radius 1 is 1.02 bits per heavy atom. The fourth-order valence-electron chi connectivity index (χ4n) is 6.29. The molecule has 2 aliphatic heterocycles. The Bertz CT molecular complexity index is 1450. The first-order chi connectivity index (χ1) is 19.4. The Morgan fingerprint density at radius 3 is 2.32 bits per heavy atom. The Hall–Kier alpha value is -2.37. The lowest BCUT2D eigenvalue weighted by Crippen LogP contribution is -2.43. The number of halogens is 5. The molecule has 2 unspecified atom stereocenters. The van der Waals surface area contributed by atoms with E-state index < -0.39 is 38.7 Å². The standard InChI is InChI=1S/C29H31ClF4N2O4S/c30-25-8-3-19(29(32,33)34)11-18(25)14-36-20-4-5-21(36)10-16(9-20)15-40-27-13-26(31)24(12-23(27)17-1-2-17)28(37)35-41(38,39)22-6-7-22/h3,8,11-13,16-17,20-22H,1-2,4-7,9-10,14-15H2,(H,35,37). The third-order valence-electron chi connectivity index (χ3n) is 8.74. The summed E-state index contributed by atoms with van der Waals surface area (Å²) in [7, 11) is -3.80. The van der Waals surface area contributed by atoms with Gasteiger partial charge in [-0.05, 0) is 98.6 Å². The van der Waals surface area contributed by atoms with Crippen LogP contribution in [0.3, 0.4) is 0 Å². The number of nitrogens with zero attached hydrogens (tertiary/aromatic N) is 1. The van der Waals surface area contributed by atoms with Crippen LogP contribution in [0.5, 0.6) is 5.75 Å². The van der Waals surface area contributed by atoms with Gasteiger partial charge in [-0.25, -0.2) is 17.5 Å². The van der Waals surface area contributed by atoms with Crippen molar-refractivity contribution in [3.8, 4) is 5.75 Å². The number of sulfonamides is 1. The van der Waals surface area contributed by atoms with E-state index in [0.717, 1.165) is 50.7 Å². The Labute approximate surface area is 241 Å². The summed E-state index contributed by atoms with van der Waals surface area (Å²) in [4.78, 5) is 14.9. The Morgan fingerprint density at radius 2 is 1.71 bits per heavy atom. The second-order valence-corrected chi connectivity index (χ2v) is 14.2. The van der Waals surface area contributed by atoms with Gasteiger partial charge < -0.3 is 4.74 Å². The highest BCUT2D eigenvalue weighted by molar-refractivity contribution is 7.91. The maximum absolute atomic E-state index is 15.0. The summed E-state index contributed by atoms with van der Waals surface area (Å²) >= 11 is 6.26. The number of fused-ring (bicyclic) bond motifs is 2. The molecule has 2 atom stereocenters. The molecule has 2 aliphatic carbocycles. The van der Waals surface area contributed by atoms with E-state index in [9.17, 15) is 26.4 Å². The third kappa shape index (κ3) is 6.22. The highest BCUT2D eigenvalue weighted by Gasteiger charge is 2.42. The Balaban J connectivity index is 1.11. The van der Waals surface area contributed by atoms with E-state index >= 15 is 4.39 Å². The monoisotopic (exact) mass is 614 g/mol. The van der Waals surface area contributed by atoms with Crippen molar-refractivity contribution in [3.63, 3.8) is 0 Å². The maximum atomic E-state index is 15.0. The van der Waals surface area contributed by atoms with Gasteiger partial charge in [0, 0.05) is 29.7 Å². The van der Waals surface area contributed by atoms with Crippen molar-refractivity contribution in [3.05, 3.63) is 63.4 Å². The minimum absolute atomic E-state index is 0.132. The zero-order chi connectivity index (χ0) is 29.1. The topological polar surface area (TPSA) is 75.7 Å². The number of carbonyl (C=O) groups is 1. The molecule has 2 saturated carbocycles. The molecule has 0 aromatic heterocycles. The summed E-state index contributed by atoms with van der Waals surface area (Å²) in [6.07, 6.45) is 1.78. The van der Waals surface area contributed by atoms with Gasteiger partial charge >= 0.3 is 6.18 Å². The van der Waals surface area contributed by atoms with Crippen molar-refractivity contribution in [1.29, 1.82) is 0 Å². The van der Waals surface area contributed by atoms with Gasteiger partial charge in [0.15, 0.2) is 0 Å². The second-order valence-electron chi connectivity index (χ2n) is 11.8. The summed E-state index contributed by atoms with van der Waals surface area (Å²) in [5.41, 5.74) is 0.161. The summed E-state index contributed by atoms with van der Waals surface area (Å²) in [6, 6.07) is 6.42. The fraction of sp³-hybridized carbons (Fsp3) is 0.552. The molecular formula is C29H31ClF4N2O4S. The van der Waals surface area contributed by atoms with Crippen LogP contribution in [0.15, 0.2) is 30.3 Å². The van der Waals surface area contributed by atoms with Crippen molar-refractivity contribution >= 4 is 27.5 Å². The highest BCUT2D eigenvalue weighted by Crippen LogP contribution is 2.46. The molecule has 4 fully saturated rings. The molecule has 1 amide bonds. The number of hydrogen-bond acceptors (Lipinski definition) is 5. The lowest BCUT2D eigenvalue weighted by molar-refractivity contribution is -0.137. The average Bonchev–Trinajstić information content (AvgIpc) is 3.80.